The number of imidazole rings is 1. The van der Waals surface area contributed by atoms with Gasteiger partial charge in [-0.3, -0.25) is 4.79 Å². The summed E-state index contributed by atoms with van der Waals surface area (Å²) in [5.41, 5.74) is 0.996. The van der Waals surface area contributed by atoms with Crippen LogP contribution in [-0.4, -0.2) is 57.2 Å². The van der Waals surface area contributed by atoms with E-state index in [0.717, 1.165) is 31.4 Å². The van der Waals surface area contributed by atoms with E-state index in [1.165, 1.54) is 0 Å². The Morgan fingerprint density at radius 2 is 2.23 bits per heavy atom. The highest BCUT2D eigenvalue weighted by Gasteiger charge is 2.53. The van der Waals surface area contributed by atoms with Crippen molar-refractivity contribution in [3.63, 3.8) is 0 Å². The van der Waals surface area contributed by atoms with Gasteiger partial charge in [-0.15, -0.1) is 0 Å². The Morgan fingerprint density at radius 1 is 1.35 bits per heavy atom. The molecule has 2 aromatic heterocycles. The number of carbonyl (C=O) groups excluding carboxylic acids is 1. The first-order valence-corrected chi connectivity index (χ1v) is 9.07. The van der Waals surface area contributed by atoms with Crippen LogP contribution in [0.4, 0.5) is 0 Å². The fourth-order valence-corrected chi connectivity index (χ4v) is 4.31. The quantitative estimate of drug-likeness (QED) is 0.909. The monoisotopic (exact) mass is 356 g/mol. The lowest BCUT2D eigenvalue weighted by Crippen LogP contribution is -2.53. The van der Waals surface area contributed by atoms with Crippen molar-refractivity contribution < 1.29 is 14.3 Å². The Kier molecular flexibility index (Phi) is 4.40. The molecule has 2 fully saturated rings. The Balaban J connectivity index is 1.55. The average molecular weight is 356 g/mol. The Bertz CT molecular complexity index is 778. The second-order valence-corrected chi connectivity index (χ2v) is 7.09. The van der Waals surface area contributed by atoms with Crippen LogP contribution >= 0.6 is 0 Å². The lowest BCUT2D eigenvalue weighted by atomic mass is 9.79. The van der Waals surface area contributed by atoms with E-state index in [0.29, 0.717) is 18.1 Å². The minimum Gasteiger partial charge on any atom is -0.474 e. The van der Waals surface area contributed by atoms with Crippen molar-refractivity contribution in [1.29, 1.82) is 0 Å². The molecule has 0 unspecified atom stereocenters. The van der Waals surface area contributed by atoms with Crippen molar-refractivity contribution in [2.45, 2.75) is 50.4 Å². The van der Waals surface area contributed by atoms with E-state index in [9.17, 15) is 4.79 Å². The maximum atomic E-state index is 13.0. The van der Waals surface area contributed by atoms with Crippen LogP contribution in [0.15, 0.2) is 30.7 Å². The predicted octanol–water partition coefficient (Wildman–Crippen LogP) is 2.34. The number of aromatic amines is 1. The zero-order chi connectivity index (χ0) is 18.1. The van der Waals surface area contributed by atoms with E-state index >= 15 is 0 Å². The Labute approximate surface area is 152 Å². The van der Waals surface area contributed by atoms with Crippen LogP contribution in [0.2, 0.25) is 0 Å². The number of pyridine rings is 1. The van der Waals surface area contributed by atoms with Crippen molar-refractivity contribution in [3.05, 3.63) is 42.1 Å². The maximum absolute atomic E-state index is 13.0. The summed E-state index contributed by atoms with van der Waals surface area (Å²) in [6.45, 7) is 2.55. The summed E-state index contributed by atoms with van der Waals surface area (Å²) in [4.78, 5) is 26.4. The van der Waals surface area contributed by atoms with Gasteiger partial charge in [-0.05, 0) is 32.3 Å². The molecule has 3 atom stereocenters. The van der Waals surface area contributed by atoms with Gasteiger partial charge in [0.25, 0.3) is 5.91 Å². The number of hydrogen-bond donors (Lipinski definition) is 1. The molecule has 0 spiro atoms. The topological polar surface area (TPSA) is 80.3 Å². The Hall–Kier alpha value is -2.41. The number of rotatable bonds is 4. The number of likely N-dealkylation sites (tertiary alicyclic amines) is 1. The summed E-state index contributed by atoms with van der Waals surface area (Å²) >= 11 is 0. The minimum atomic E-state index is -0.288. The molecule has 0 bridgehead atoms. The molecule has 0 radical (unpaired) electrons. The number of amides is 1. The highest BCUT2D eigenvalue weighted by Crippen LogP contribution is 2.43. The van der Waals surface area contributed by atoms with E-state index in [4.69, 9.17) is 9.47 Å². The van der Waals surface area contributed by atoms with Crippen LogP contribution in [0.25, 0.3) is 0 Å². The molecular formula is C19H24N4O3. The normalized spacial score (nSPS) is 28.0. The van der Waals surface area contributed by atoms with Crippen molar-refractivity contribution in [3.8, 4) is 5.88 Å². The highest BCUT2D eigenvalue weighted by molar-refractivity contribution is 5.94. The van der Waals surface area contributed by atoms with E-state index in [1.807, 2.05) is 30.0 Å². The molecule has 1 aliphatic carbocycles. The lowest BCUT2D eigenvalue weighted by Gasteiger charge is -2.43. The molecule has 0 aromatic carbocycles. The molecule has 3 heterocycles. The molecule has 2 aliphatic rings. The summed E-state index contributed by atoms with van der Waals surface area (Å²) in [6, 6.07) is 5.63. The predicted molar refractivity (Wildman–Crippen MR) is 95.0 cm³/mol. The van der Waals surface area contributed by atoms with E-state index in [2.05, 4.69) is 15.0 Å². The van der Waals surface area contributed by atoms with Crippen molar-refractivity contribution in [2.75, 3.05) is 13.7 Å². The molecule has 2 aromatic rings. The first-order chi connectivity index (χ1) is 12.6. The van der Waals surface area contributed by atoms with Crippen molar-refractivity contribution in [1.82, 2.24) is 19.9 Å². The lowest BCUT2D eigenvalue weighted by molar-refractivity contribution is -0.0789. The number of aromatic nitrogens is 3. The third kappa shape index (κ3) is 2.86. The third-order valence-electron chi connectivity index (χ3n) is 5.76. The smallest absolute Gasteiger partial charge is 0.274 e. The number of methoxy groups -OCH3 is 1. The summed E-state index contributed by atoms with van der Waals surface area (Å²) in [5.74, 6) is 0.590. The van der Waals surface area contributed by atoms with Crippen LogP contribution in [0.5, 0.6) is 5.88 Å². The summed E-state index contributed by atoms with van der Waals surface area (Å²) in [7, 11) is 1.75. The van der Waals surface area contributed by atoms with Crippen LogP contribution in [0.3, 0.4) is 0 Å². The van der Waals surface area contributed by atoms with Gasteiger partial charge in [0.1, 0.15) is 11.8 Å². The number of ether oxygens (including phenoxy) is 2. The average Bonchev–Trinajstić information content (AvgIpc) is 3.26. The first-order valence-electron chi connectivity index (χ1n) is 9.07. The van der Waals surface area contributed by atoms with Gasteiger partial charge in [0.2, 0.25) is 5.88 Å². The number of aryl methyl sites for hydroxylation is 1. The van der Waals surface area contributed by atoms with Gasteiger partial charge in [0.05, 0.1) is 18.0 Å². The number of H-pyrrole nitrogens is 1. The van der Waals surface area contributed by atoms with Crippen LogP contribution in [-0.2, 0) is 4.74 Å². The zero-order valence-electron chi connectivity index (χ0n) is 15.1. The number of nitrogens with zero attached hydrogens (tertiary/aromatic N) is 3. The summed E-state index contributed by atoms with van der Waals surface area (Å²) in [6.07, 6.45) is 6.66. The van der Waals surface area contributed by atoms with Gasteiger partial charge in [-0.25, -0.2) is 9.97 Å². The minimum absolute atomic E-state index is 0.0152. The highest BCUT2D eigenvalue weighted by atomic mass is 16.5. The first kappa shape index (κ1) is 17.0. The van der Waals surface area contributed by atoms with Gasteiger partial charge in [-0.1, -0.05) is 6.07 Å². The number of nitrogens with one attached hydrogen (secondary N) is 1. The summed E-state index contributed by atoms with van der Waals surface area (Å²) in [5, 5.41) is 0. The molecule has 7 nitrogen and oxygen atoms in total. The SMILES string of the molecule is CO[C@@]12CC[C@@H](Oc3ccccn3)C[C@@H]1N(C(=O)c1nc[nH]c1C)CC2. The molecule has 138 valence electrons. The fourth-order valence-electron chi connectivity index (χ4n) is 4.31. The molecule has 1 aliphatic heterocycles. The maximum Gasteiger partial charge on any atom is 0.274 e. The second-order valence-electron chi connectivity index (χ2n) is 7.09. The Morgan fingerprint density at radius 3 is 2.92 bits per heavy atom. The molecule has 4 rings (SSSR count). The number of carbonyl (C=O) groups is 1. The summed E-state index contributed by atoms with van der Waals surface area (Å²) < 4.78 is 12.0. The van der Waals surface area contributed by atoms with Crippen LogP contribution in [0.1, 0.15) is 41.9 Å². The molecular weight excluding hydrogens is 332 g/mol. The van der Waals surface area contributed by atoms with Gasteiger partial charge in [0, 0.05) is 38.0 Å². The molecule has 1 N–H and O–H groups in total. The molecule has 1 saturated carbocycles. The third-order valence-corrected chi connectivity index (χ3v) is 5.76. The molecule has 1 amide bonds. The van der Waals surface area contributed by atoms with Gasteiger partial charge in [0.15, 0.2) is 0 Å². The number of hydrogen-bond acceptors (Lipinski definition) is 5. The fraction of sp³-hybridized carbons (Fsp3) is 0.526. The largest absolute Gasteiger partial charge is 0.474 e. The second kappa shape index (κ2) is 6.72. The van der Waals surface area contributed by atoms with Crippen molar-refractivity contribution in [2.24, 2.45) is 0 Å². The number of fused-ring (bicyclic) bond motifs is 1. The van der Waals surface area contributed by atoms with E-state index < -0.39 is 0 Å². The van der Waals surface area contributed by atoms with E-state index in [-0.39, 0.29) is 23.7 Å². The zero-order valence-corrected chi connectivity index (χ0v) is 15.1. The molecule has 26 heavy (non-hydrogen) atoms. The molecule has 7 heteroatoms. The van der Waals surface area contributed by atoms with Gasteiger partial charge in [-0.2, -0.15) is 0 Å². The van der Waals surface area contributed by atoms with Crippen LogP contribution < -0.4 is 4.74 Å². The standard InChI is InChI=1S/C19H24N4O3/c1-13-17(22-12-21-13)18(24)23-10-8-19(25-2)7-6-14(11-15(19)23)26-16-5-3-4-9-20-16/h3-5,9,12,14-15H,6-8,10-11H2,1-2H3,(H,21,22)/t14-,15+,19-/m1/s1. The van der Waals surface area contributed by atoms with Crippen LogP contribution in [0, 0.1) is 6.92 Å². The van der Waals surface area contributed by atoms with Crippen molar-refractivity contribution >= 4 is 5.91 Å². The molecule has 1 saturated heterocycles. The van der Waals surface area contributed by atoms with E-state index in [1.54, 1.807) is 19.6 Å². The van der Waals surface area contributed by atoms with Gasteiger partial charge < -0.3 is 19.4 Å². The van der Waals surface area contributed by atoms with Gasteiger partial charge >= 0.3 is 0 Å².